The van der Waals surface area contributed by atoms with Crippen LogP contribution in [0.2, 0.25) is 0 Å². The number of urea groups is 1. The molecule has 0 radical (unpaired) electrons. The van der Waals surface area contributed by atoms with E-state index in [4.69, 9.17) is 5.11 Å². The smallest absolute Gasteiger partial charge is 0.317 e. The van der Waals surface area contributed by atoms with Crippen LogP contribution in [-0.4, -0.2) is 40.6 Å². The first-order valence-electron chi connectivity index (χ1n) is 7.35. The summed E-state index contributed by atoms with van der Waals surface area (Å²) >= 11 is 0. The van der Waals surface area contributed by atoms with Crippen molar-refractivity contribution >= 4 is 12.0 Å². The summed E-state index contributed by atoms with van der Waals surface area (Å²) in [5.41, 5.74) is 0. The van der Waals surface area contributed by atoms with E-state index < -0.39 is 5.97 Å². The zero-order chi connectivity index (χ0) is 13.8. The SMILES string of the molecule is CC1CCCC(NC(=O)N2CCCC2CC(=O)O)C1. The molecule has 2 aliphatic rings. The molecule has 5 nitrogen and oxygen atoms in total. The van der Waals surface area contributed by atoms with Crippen molar-refractivity contribution in [3.05, 3.63) is 0 Å². The second-order valence-corrected chi connectivity index (χ2v) is 6.01. The fourth-order valence-electron chi connectivity index (χ4n) is 3.34. The molecule has 5 heteroatoms. The Labute approximate surface area is 114 Å². The Morgan fingerprint density at radius 1 is 1.26 bits per heavy atom. The maximum Gasteiger partial charge on any atom is 0.317 e. The molecule has 0 aromatic heterocycles. The van der Waals surface area contributed by atoms with Gasteiger partial charge < -0.3 is 15.3 Å². The Morgan fingerprint density at radius 2 is 2.05 bits per heavy atom. The summed E-state index contributed by atoms with van der Waals surface area (Å²) in [6.07, 6.45) is 6.29. The molecular weight excluding hydrogens is 244 g/mol. The minimum absolute atomic E-state index is 0.0640. The lowest BCUT2D eigenvalue weighted by molar-refractivity contribution is -0.137. The van der Waals surface area contributed by atoms with Gasteiger partial charge in [-0.25, -0.2) is 4.79 Å². The number of hydrogen-bond donors (Lipinski definition) is 2. The fourth-order valence-corrected chi connectivity index (χ4v) is 3.34. The lowest BCUT2D eigenvalue weighted by Crippen LogP contribution is -2.48. The average Bonchev–Trinajstić information content (AvgIpc) is 2.76. The molecule has 3 unspecified atom stereocenters. The van der Waals surface area contributed by atoms with Crippen molar-refractivity contribution in [1.29, 1.82) is 0 Å². The summed E-state index contributed by atoms with van der Waals surface area (Å²) in [4.78, 5) is 24.7. The molecule has 0 aromatic carbocycles. The van der Waals surface area contributed by atoms with Crippen LogP contribution in [-0.2, 0) is 4.79 Å². The van der Waals surface area contributed by atoms with Crippen molar-refractivity contribution in [3.8, 4) is 0 Å². The second-order valence-electron chi connectivity index (χ2n) is 6.01. The normalized spacial score (nSPS) is 31.2. The summed E-state index contributed by atoms with van der Waals surface area (Å²) in [6, 6.07) is 0.0729. The lowest BCUT2D eigenvalue weighted by atomic mass is 9.87. The third-order valence-electron chi connectivity index (χ3n) is 4.31. The Hall–Kier alpha value is -1.26. The first kappa shape index (κ1) is 14.2. The van der Waals surface area contributed by atoms with Gasteiger partial charge in [0.25, 0.3) is 0 Å². The third-order valence-corrected chi connectivity index (χ3v) is 4.31. The molecule has 1 saturated carbocycles. The van der Waals surface area contributed by atoms with Gasteiger partial charge in [-0.3, -0.25) is 4.79 Å². The van der Waals surface area contributed by atoms with Crippen molar-refractivity contribution in [2.24, 2.45) is 5.92 Å². The number of carboxylic acid groups (broad SMARTS) is 1. The van der Waals surface area contributed by atoms with Crippen LogP contribution in [0.5, 0.6) is 0 Å². The van der Waals surface area contributed by atoms with E-state index in [1.54, 1.807) is 4.90 Å². The monoisotopic (exact) mass is 268 g/mol. The Morgan fingerprint density at radius 3 is 2.74 bits per heavy atom. The van der Waals surface area contributed by atoms with E-state index in [2.05, 4.69) is 12.2 Å². The van der Waals surface area contributed by atoms with Crippen LogP contribution in [0.1, 0.15) is 51.9 Å². The number of aliphatic carboxylic acids is 1. The fraction of sp³-hybridized carbons (Fsp3) is 0.857. The Bertz CT molecular complexity index is 346. The third kappa shape index (κ3) is 3.85. The number of likely N-dealkylation sites (tertiary alicyclic amines) is 1. The van der Waals surface area contributed by atoms with Crippen molar-refractivity contribution < 1.29 is 14.7 Å². The Balaban J connectivity index is 1.86. The van der Waals surface area contributed by atoms with Gasteiger partial charge in [0.05, 0.1) is 6.42 Å². The molecule has 108 valence electrons. The molecule has 2 rings (SSSR count). The maximum absolute atomic E-state index is 12.2. The number of nitrogens with zero attached hydrogens (tertiary/aromatic N) is 1. The van der Waals surface area contributed by atoms with Crippen LogP contribution in [0.15, 0.2) is 0 Å². The highest BCUT2D eigenvalue weighted by atomic mass is 16.4. The highest BCUT2D eigenvalue weighted by Gasteiger charge is 2.31. The average molecular weight is 268 g/mol. The molecule has 3 atom stereocenters. The largest absolute Gasteiger partial charge is 0.481 e. The summed E-state index contributed by atoms with van der Waals surface area (Å²) < 4.78 is 0. The molecule has 0 aromatic rings. The standard InChI is InChI=1S/C14H24N2O3/c1-10-4-2-5-11(8-10)15-14(19)16-7-3-6-12(16)9-13(17)18/h10-12H,2-9H2,1H3,(H,15,19)(H,17,18). The summed E-state index contributed by atoms with van der Waals surface area (Å²) in [7, 11) is 0. The van der Waals surface area contributed by atoms with Crippen LogP contribution < -0.4 is 5.32 Å². The molecule has 0 bridgehead atoms. The van der Waals surface area contributed by atoms with Gasteiger partial charge in [-0.1, -0.05) is 19.8 Å². The van der Waals surface area contributed by atoms with Crippen molar-refractivity contribution in [3.63, 3.8) is 0 Å². The van der Waals surface area contributed by atoms with Crippen LogP contribution in [0.3, 0.4) is 0 Å². The molecule has 1 aliphatic heterocycles. The predicted molar refractivity (Wildman–Crippen MR) is 71.9 cm³/mol. The number of carbonyl (C=O) groups is 2. The van der Waals surface area contributed by atoms with E-state index in [1.165, 1.54) is 12.8 Å². The number of carboxylic acids is 1. The predicted octanol–water partition coefficient (Wildman–Crippen LogP) is 2.21. The van der Waals surface area contributed by atoms with E-state index in [-0.39, 0.29) is 24.5 Å². The molecule has 1 aliphatic carbocycles. The molecule has 19 heavy (non-hydrogen) atoms. The number of amides is 2. The zero-order valence-corrected chi connectivity index (χ0v) is 11.6. The molecule has 2 amide bonds. The first-order valence-corrected chi connectivity index (χ1v) is 7.35. The van der Waals surface area contributed by atoms with Gasteiger partial charge in [-0.05, 0) is 31.6 Å². The molecule has 2 fully saturated rings. The van der Waals surface area contributed by atoms with Crippen LogP contribution in [0.25, 0.3) is 0 Å². The van der Waals surface area contributed by atoms with Crippen LogP contribution >= 0.6 is 0 Å². The molecule has 1 heterocycles. The van der Waals surface area contributed by atoms with Gasteiger partial charge in [0, 0.05) is 18.6 Å². The van der Waals surface area contributed by atoms with Gasteiger partial charge in [0.15, 0.2) is 0 Å². The highest BCUT2D eigenvalue weighted by molar-refractivity contribution is 5.76. The van der Waals surface area contributed by atoms with E-state index in [1.807, 2.05) is 0 Å². The van der Waals surface area contributed by atoms with Crippen LogP contribution in [0, 0.1) is 5.92 Å². The van der Waals surface area contributed by atoms with E-state index in [0.717, 1.165) is 25.7 Å². The van der Waals surface area contributed by atoms with Crippen molar-refractivity contribution in [1.82, 2.24) is 10.2 Å². The van der Waals surface area contributed by atoms with Gasteiger partial charge >= 0.3 is 12.0 Å². The van der Waals surface area contributed by atoms with Gasteiger partial charge in [0.2, 0.25) is 0 Å². The van der Waals surface area contributed by atoms with Crippen molar-refractivity contribution in [2.75, 3.05) is 6.54 Å². The number of nitrogens with one attached hydrogen (secondary N) is 1. The molecular formula is C14H24N2O3. The second kappa shape index (κ2) is 6.26. The number of hydrogen-bond acceptors (Lipinski definition) is 2. The van der Waals surface area contributed by atoms with Crippen LogP contribution in [0.4, 0.5) is 4.79 Å². The molecule has 2 N–H and O–H groups in total. The molecule has 1 saturated heterocycles. The Kier molecular flexibility index (Phi) is 4.66. The van der Waals surface area contributed by atoms with Gasteiger partial charge in [-0.15, -0.1) is 0 Å². The van der Waals surface area contributed by atoms with Gasteiger partial charge in [-0.2, -0.15) is 0 Å². The summed E-state index contributed by atoms with van der Waals surface area (Å²) in [6.45, 7) is 2.91. The minimum atomic E-state index is -0.823. The lowest BCUT2D eigenvalue weighted by Gasteiger charge is -2.31. The number of rotatable bonds is 3. The quantitative estimate of drug-likeness (QED) is 0.824. The minimum Gasteiger partial charge on any atom is -0.481 e. The van der Waals surface area contributed by atoms with E-state index >= 15 is 0 Å². The molecule has 0 spiro atoms. The maximum atomic E-state index is 12.2. The van der Waals surface area contributed by atoms with Crippen molar-refractivity contribution in [2.45, 2.75) is 64.0 Å². The number of carbonyl (C=O) groups excluding carboxylic acids is 1. The topological polar surface area (TPSA) is 69.6 Å². The zero-order valence-electron chi connectivity index (χ0n) is 11.6. The summed E-state index contributed by atoms with van der Waals surface area (Å²) in [5, 5.41) is 12.0. The first-order chi connectivity index (χ1) is 9.06. The summed E-state index contributed by atoms with van der Waals surface area (Å²) in [5.74, 6) is -0.150. The van der Waals surface area contributed by atoms with E-state index in [0.29, 0.717) is 12.5 Å². The van der Waals surface area contributed by atoms with Gasteiger partial charge in [0.1, 0.15) is 0 Å². The van der Waals surface area contributed by atoms with E-state index in [9.17, 15) is 9.59 Å². The highest BCUT2D eigenvalue weighted by Crippen LogP contribution is 2.25.